The van der Waals surface area contributed by atoms with Crippen LogP contribution in [0.5, 0.6) is 0 Å². The van der Waals surface area contributed by atoms with Gasteiger partial charge < -0.3 is 14.8 Å². The van der Waals surface area contributed by atoms with Gasteiger partial charge in [0, 0.05) is 0 Å². The molecular weight excluding hydrogens is 406 g/mol. The Balaban J connectivity index is 1.97. The van der Waals surface area contributed by atoms with E-state index in [-0.39, 0.29) is 6.61 Å². The van der Waals surface area contributed by atoms with Crippen LogP contribution in [0, 0.1) is 0 Å². The number of hydrogen-bond acceptors (Lipinski definition) is 5. The third kappa shape index (κ3) is 9.31. The van der Waals surface area contributed by atoms with Gasteiger partial charge in [-0.25, -0.2) is 10.2 Å². The van der Waals surface area contributed by atoms with Crippen molar-refractivity contribution in [1.29, 1.82) is 0 Å². The number of amides is 2. The molecule has 2 aromatic rings. The lowest BCUT2D eigenvalue weighted by Crippen LogP contribution is -2.49. The fraction of sp³-hybridized carbons (Fsp3) is 0.400. The van der Waals surface area contributed by atoms with Gasteiger partial charge in [-0.15, -0.1) is 0 Å². The molecule has 0 spiro atoms. The highest BCUT2D eigenvalue weighted by molar-refractivity contribution is 5.87. The molecule has 7 nitrogen and oxygen atoms in total. The number of carbonyl (C=O) groups is 2. The maximum atomic E-state index is 12.6. The standard InChI is InChI=1S/C25H33N3O4/c1-18(2)21-13-11-19(12-14-21)15-26-28-23(29)22(27-24(30)32-25(3,4)5)17-31-16-20-9-7-6-8-10-20/h6-15,18,22H,16-17H2,1-5H3,(H,27,30)(H,28,29)/b26-15-/t22-/m0/s1. The van der Waals surface area contributed by atoms with Crippen LogP contribution in [0.4, 0.5) is 4.79 Å². The van der Waals surface area contributed by atoms with Crippen molar-refractivity contribution in [3.05, 3.63) is 71.3 Å². The lowest BCUT2D eigenvalue weighted by molar-refractivity contribution is -0.124. The highest BCUT2D eigenvalue weighted by Gasteiger charge is 2.24. The minimum Gasteiger partial charge on any atom is -0.444 e. The normalized spacial score (nSPS) is 12.6. The average Bonchev–Trinajstić information content (AvgIpc) is 2.72. The van der Waals surface area contributed by atoms with Crippen molar-refractivity contribution in [3.63, 3.8) is 0 Å². The van der Waals surface area contributed by atoms with E-state index in [2.05, 4.69) is 29.7 Å². The fourth-order valence-corrected chi connectivity index (χ4v) is 2.72. The van der Waals surface area contributed by atoms with E-state index in [1.54, 1.807) is 27.0 Å². The van der Waals surface area contributed by atoms with Gasteiger partial charge in [0.1, 0.15) is 11.6 Å². The molecule has 172 valence electrons. The molecule has 1 atom stereocenters. The summed E-state index contributed by atoms with van der Waals surface area (Å²) in [4.78, 5) is 24.8. The second-order valence-corrected chi connectivity index (χ2v) is 8.76. The van der Waals surface area contributed by atoms with Gasteiger partial charge in [0.2, 0.25) is 0 Å². The van der Waals surface area contributed by atoms with E-state index in [1.807, 2.05) is 54.6 Å². The van der Waals surface area contributed by atoms with Gasteiger partial charge in [0.15, 0.2) is 0 Å². The summed E-state index contributed by atoms with van der Waals surface area (Å²) in [5, 5.41) is 6.57. The first-order valence-electron chi connectivity index (χ1n) is 10.7. The largest absolute Gasteiger partial charge is 0.444 e. The molecule has 2 amide bonds. The predicted octanol–water partition coefficient (Wildman–Crippen LogP) is 4.37. The van der Waals surface area contributed by atoms with Gasteiger partial charge in [0.25, 0.3) is 5.91 Å². The zero-order valence-corrected chi connectivity index (χ0v) is 19.4. The van der Waals surface area contributed by atoms with Crippen molar-refractivity contribution in [2.75, 3.05) is 6.61 Å². The summed E-state index contributed by atoms with van der Waals surface area (Å²) in [7, 11) is 0. The molecule has 0 aromatic heterocycles. The summed E-state index contributed by atoms with van der Waals surface area (Å²) in [6, 6.07) is 16.5. The monoisotopic (exact) mass is 439 g/mol. The molecule has 0 heterocycles. The molecule has 2 rings (SSSR count). The van der Waals surface area contributed by atoms with Gasteiger partial charge in [-0.2, -0.15) is 5.10 Å². The highest BCUT2D eigenvalue weighted by Crippen LogP contribution is 2.14. The third-order valence-corrected chi connectivity index (χ3v) is 4.40. The van der Waals surface area contributed by atoms with Crippen LogP contribution in [0.1, 0.15) is 57.2 Å². The smallest absolute Gasteiger partial charge is 0.408 e. The molecule has 0 aliphatic heterocycles. The number of carbonyl (C=O) groups excluding carboxylic acids is 2. The molecule has 0 bridgehead atoms. The molecule has 0 unspecified atom stereocenters. The van der Waals surface area contributed by atoms with Gasteiger partial charge in [-0.3, -0.25) is 4.79 Å². The Labute approximate surface area is 190 Å². The van der Waals surface area contributed by atoms with Gasteiger partial charge in [-0.05, 0) is 43.4 Å². The van der Waals surface area contributed by atoms with Crippen LogP contribution in [0.2, 0.25) is 0 Å². The van der Waals surface area contributed by atoms with Crippen molar-refractivity contribution in [3.8, 4) is 0 Å². The highest BCUT2D eigenvalue weighted by atomic mass is 16.6. The SMILES string of the molecule is CC(C)c1ccc(/C=N\NC(=O)[C@H](COCc2ccccc2)NC(=O)OC(C)(C)C)cc1. The Kier molecular flexibility index (Phi) is 9.40. The molecule has 7 heteroatoms. The van der Waals surface area contributed by atoms with Crippen molar-refractivity contribution in [2.24, 2.45) is 5.10 Å². The predicted molar refractivity (Wildman–Crippen MR) is 126 cm³/mol. The first kappa shape index (κ1) is 25.1. The summed E-state index contributed by atoms with van der Waals surface area (Å²) in [6.45, 7) is 9.79. The van der Waals surface area contributed by atoms with E-state index >= 15 is 0 Å². The van der Waals surface area contributed by atoms with Crippen molar-refractivity contribution in [2.45, 2.75) is 58.8 Å². The minimum atomic E-state index is -0.964. The molecular formula is C25H33N3O4. The summed E-state index contributed by atoms with van der Waals surface area (Å²) >= 11 is 0. The second-order valence-electron chi connectivity index (χ2n) is 8.76. The summed E-state index contributed by atoms with van der Waals surface area (Å²) in [5.41, 5.74) is 4.82. The maximum Gasteiger partial charge on any atom is 0.408 e. The molecule has 2 N–H and O–H groups in total. The lowest BCUT2D eigenvalue weighted by Gasteiger charge is -2.22. The molecule has 0 aliphatic carbocycles. The summed E-state index contributed by atoms with van der Waals surface area (Å²) in [6.07, 6.45) is 0.853. The molecule has 0 saturated heterocycles. The van der Waals surface area contributed by atoms with Crippen LogP contribution in [0.25, 0.3) is 0 Å². The zero-order chi connectivity index (χ0) is 23.6. The van der Waals surface area contributed by atoms with E-state index in [4.69, 9.17) is 9.47 Å². The van der Waals surface area contributed by atoms with Crippen LogP contribution in [-0.2, 0) is 20.9 Å². The first-order valence-corrected chi connectivity index (χ1v) is 10.7. The first-order chi connectivity index (χ1) is 15.1. The quantitative estimate of drug-likeness (QED) is 0.449. The van der Waals surface area contributed by atoms with E-state index in [0.717, 1.165) is 11.1 Å². The van der Waals surface area contributed by atoms with Crippen LogP contribution in [0.15, 0.2) is 59.7 Å². The van der Waals surface area contributed by atoms with Crippen molar-refractivity contribution >= 4 is 18.2 Å². The second kappa shape index (κ2) is 12.0. The average molecular weight is 440 g/mol. The van der Waals surface area contributed by atoms with Crippen molar-refractivity contribution < 1.29 is 19.1 Å². The van der Waals surface area contributed by atoms with E-state index in [9.17, 15) is 9.59 Å². The number of ether oxygens (including phenoxy) is 2. The van der Waals surface area contributed by atoms with Gasteiger partial charge >= 0.3 is 6.09 Å². The Morgan fingerprint density at radius 2 is 1.69 bits per heavy atom. The number of nitrogens with one attached hydrogen (secondary N) is 2. The Morgan fingerprint density at radius 3 is 2.28 bits per heavy atom. The van der Waals surface area contributed by atoms with Gasteiger partial charge in [0.05, 0.1) is 19.4 Å². The van der Waals surface area contributed by atoms with Crippen LogP contribution in [0.3, 0.4) is 0 Å². The van der Waals surface area contributed by atoms with E-state index < -0.39 is 23.6 Å². The number of benzene rings is 2. The number of hydrazone groups is 1. The molecule has 0 radical (unpaired) electrons. The van der Waals surface area contributed by atoms with Crippen LogP contribution in [-0.4, -0.2) is 36.5 Å². The number of alkyl carbamates (subject to hydrolysis) is 1. The van der Waals surface area contributed by atoms with Gasteiger partial charge in [-0.1, -0.05) is 68.4 Å². The third-order valence-electron chi connectivity index (χ3n) is 4.40. The Bertz CT molecular complexity index is 888. The molecule has 0 fully saturated rings. The molecule has 32 heavy (non-hydrogen) atoms. The summed E-state index contributed by atoms with van der Waals surface area (Å²) in [5.74, 6) is -0.0600. The van der Waals surface area contributed by atoms with Crippen LogP contribution < -0.4 is 10.7 Å². The van der Waals surface area contributed by atoms with Crippen LogP contribution >= 0.6 is 0 Å². The van der Waals surface area contributed by atoms with Crippen molar-refractivity contribution in [1.82, 2.24) is 10.7 Å². The zero-order valence-electron chi connectivity index (χ0n) is 19.4. The molecule has 2 aromatic carbocycles. The lowest BCUT2D eigenvalue weighted by atomic mass is 10.0. The summed E-state index contributed by atoms with van der Waals surface area (Å²) < 4.78 is 10.9. The number of hydrogen-bond donors (Lipinski definition) is 2. The van der Waals surface area contributed by atoms with E-state index in [0.29, 0.717) is 12.5 Å². The Hall–Kier alpha value is -3.19. The fourth-order valence-electron chi connectivity index (χ4n) is 2.72. The Morgan fingerprint density at radius 1 is 1.03 bits per heavy atom. The molecule has 0 saturated carbocycles. The number of nitrogens with zero attached hydrogens (tertiary/aromatic N) is 1. The molecule has 0 aliphatic rings. The van der Waals surface area contributed by atoms with E-state index in [1.165, 1.54) is 5.56 Å². The maximum absolute atomic E-state index is 12.6. The topological polar surface area (TPSA) is 89.0 Å². The number of rotatable bonds is 9. The minimum absolute atomic E-state index is 0.0292.